The van der Waals surface area contributed by atoms with Crippen molar-refractivity contribution in [1.29, 1.82) is 5.26 Å². The molecular weight excluding hydrogens is 414 g/mol. The number of hydrogen-bond acceptors (Lipinski definition) is 3. The first-order valence-electron chi connectivity index (χ1n) is 14.0. The highest BCUT2D eigenvalue weighted by atomic mass is 14.9. The van der Waals surface area contributed by atoms with Gasteiger partial charge in [0.1, 0.15) is 0 Å². The SMILES string of the molecule is CCCC[C@H]1CC[C@H](c2cnc(-c3ccc([C@H]4CC[C@@](C#N)(CCCC)CC4)cc3)nc2)CC1. The summed E-state index contributed by atoms with van der Waals surface area (Å²) in [4.78, 5) is 9.49. The molecule has 4 rings (SSSR count). The molecule has 1 aromatic carbocycles. The van der Waals surface area contributed by atoms with Gasteiger partial charge < -0.3 is 0 Å². The summed E-state index contributed by atoms with van der Waals surface area (Å²) >= 11 is 0. The molecule has 0 saturated heterocycles. The molecule has 2 fully saturated rings. The molecule has 0 atom stereocenters. The average molecular weight is 458 g/mol. The number of benzene rings is 1. The first kappa shape index (κ1) is 24.9. The molecule has 2 saturated carbocycles. The first-order chi connectivity index (χ1) is 16.7. The summed E-state index contributed by atoms with van der Waals surface area (Å²) in [6, 6.07) is 11.6. The van der Waals surface area contributed by atoms with Crippen LogP contribution in [0.15, 0.2) is 36.7 Å². The Bertz CT molecular complexity index is 909. The van der Waals surface area contributed by atoms with Gasteiger partial charge in [-0.25, -0.2) is 9.97 Å². The quantitative estimate of drug-likeness (QED) is 0.377. The van der Waals surface area contributed by atoms with Gasteiger partial charge in [0.05, 0.1) is 11.5 Å². The fraction of sp³-hybridized carbons (Fsp3) is 0.645. The zero-order valence-electron chi connectivity index (χ0n) is 21.4. The number of unbranched alkanes of at least 4 members (excludes halogenated alkanes) is 2. The maximum Gasteiger partial charge on any atom is 0.159 e. The van der Waals surface area contributed by atoms with Crippen molar-refractivity contribution in [2.24, 2.45) is 11.3 Å². The van der Waals surface area contributed by atoms with E-state index >= 15 is 0 Å². The van der Waals surface area contributed by atoms with E-state index in [2.05, 4.69) is 56.6 Å². The van der Waals surface area contributed by atoms with E-state index in [9.17, 15) is 5.26 Å². The van der Waals surface area contributed by atoms with Crippen molar-refractivity contribution in [3.63, 3.8) is 0 Å². The normalized spacial score (nSPS) is 27.3. The molecule has 1 heterocycles. The molecule has 3 heteroatoms. The van der Waals surface area contributed by atoms with E-state index in [1.807, 2.05) is 0 Å². The first-order valence-corrected chi connectivity index (χ1v) is 14.0. The molecule has 2 aliphatic carbocycles. The minimum atomic E-state index is -0.0726. The predicted molar refractivity (Wildman–Crippen MR) is 140 cm³/mol. The van der Waals surface area contributed by atoms with E-state index in [-0.39, 0.29) is 5.41 Å². The molecule has 2 aromatic rings. The van der Waals surface area contributed by atoms with Gasteiger partial charge in [0.15, 0.2) is 5.82 Å². The molecule has 182 valence electrons. The van der Waals surface area contributed by atoms with Crippen LogP contribution in [0.1, 0.15) is 127 Å². The summed E-state index contributed by atoms with van der Waals surface area (Å²) in [5, 5.41) is 9.77. The summed E-state index contributed by atoms with van der Waals surface area (Å²) in [6.07, 6.45) is 21.3. The molecule has 0 N–H and O–H groups in total. The minimum absolute atomic E-state index is 0.0726. The third kappa shape index (κ3) is 6.07. The summed E-state index contributed by atoms with van der Waals surface area (Å²) in [5.41, 5.74) is 3.75. The zero-order valence-corrected chi connectivity index (χ0v) is 21.4. The van der Waals surface area contributed by atoms with E-state index in [1.165, 1.54) is 68.9 Å². The van der Waals surface area contributed by atoms with Crippen LogP contribution in [0.5, 0.6) is 0 Å². The van der Waals surface area contributed by atoms with E-state index in [0.29, 0.717) is 11.8 Å². The number of nitrogens with zero attached hydrogens (tertiary/aromatic N) is 3. The molecule has 3 nitrogen and oxygen atoms in total. The molecule has 2 aliphatic rings. The third-order valence-corrected chi connectivity index (χ3v) is 8.78. The molecule has 0 bridgehead atoms. The number of hydrogen-bond donors (Lipinski definition) is 0. The molecule has 0 aliphatic heterocycles. The molecule has 0 unspecified atom stereocenters. The Kier molecular flexibility index (Phi) is 8.76. The maximum absolute atomic E-state index is 9.77. The van der Waals surface area contributed by atoms with Crippen LogP contribution in [0, 0.1) is 22.7 Å². The fourth-order valence-electron chi connectivity index (χ4n) is 6.32. The lowest BCUT2D eigenvalue weighted by atomic mass is 9.67. The monoisotopic (exact) mass is 457 g/mol. The van der Waals surface area contributed by atoms with Gasteiger partial charge in [-0.15, -0.1) is 0 Å². The summed E-state index contributed by atoms with van der Waals surface area (Å²) in [5.74, 6) is 2.98. The van der Waals surface area contributed by atoms with E-state index in [0.717, 1.165) is 49.4 Å². The van der Waals surface area contributed by atoms with E-state index in [1.54, 1.807) is 0 Å². The van der Waals surface area contributed by atoms with Gasteiger partial charge in [0, 0.05) is 18.0 Å². The van der Waals surface area contributed by atoms with Gasteiger partial charge in [0.25, 0.3) is 0 Å². The molecular formula is C31H43N3. The van der Waals surface area contributed by atoms with Crippen LogP contribution in [0.3, 0.4) is 0 Å². The van der Waals surface area contributed by atoms with Gasteiger partial charge in [-0.1, -0.05) is 70.2 Å². The van der Waals surface area contributed by atoms with Crippen LogP contribution < -0.4 is 0 Å². The van der Waals surface area contributed by atoms with Gasteiger partial charge in [-0.2, -0.15) is 5.26 Å². The zero-order chi connectivity index (χ0) is 23.8. The van der Waals surface area contributed by atoms with Gasteiger partial charge in [0.2, 0.25) is 0 Å². The fourth-order valence-corrected chi connectivity index (χ4v) is 6.32. The summed E-state index contributed by atoms with van der Waals surface area (Å²) < 4.78 is 0. The molecule has 0 radical (unpaired) electrons. The van der Waals surface area contributed by atoms with Crippen molar-refractivity contribution in [3.8, 4) is 17.5 Å². The van der Waals surface area contributed by atoms with Crippen LogP contribution >= 0.6 is 0 Å². The van der Waals surface area contributed by atoms with E-state index in [4.69, 9.17) is 9.97 Å². The van der Waals surface area contributed by atoms with Crippen molar-refractivity contribution in [2.45, 2.75) is 116 Å². The van der Waals surface area contributed by atoms with Gasteiger partial charge >= 0.3 is 0 Å². The Hall–Kier alpha value is -2.21. The summed E-state index contributed by atoms with van der Waals surface area (Å²) in [7, 11) is 0. The van der Waals surface area contributed by atoms with Crippen molar-refractivity contribution in [1.82, 2.24) is 9.97 Å². The second-order valence-corrected chi connectivity index (χ2v) is 11.1. The molecule has 0 amide bonds. The summed E-state index contributed by atoms with van der Waals surface area (Å²) in [6.45, 7) is 4.51. The van der Waals surface area contributed by atoms with Crippen LogP contribution in [0.2, 0.25) is 0 Å². The standard InChI is InChI=1S/C31H43N3/c1-3-5-7-24-8-10-26(11-9-24)29-21-33-30(34-22-29)28-14-12-25(13-15-28)27-16-19-31(23-32,20-17-27)18-6-4-2/h12-15,21-22,24,26-27H,3-11,16-20H2,1-2H3/t24-,26-,27-,31-. The lowest BCUT2D eigenvalue weighted by Gasteiger charge is -2.35. The molecule has 34 heavy (non-hydrogen) atoms. The topological polar surface area (TPSA) is 49.6 Å². The highest BCUT2D eigenvalue weighted by Gasteiger charge is 2.35. The smallest absolute Gasteiger partial charge is 0.159 e. The van der Waals surface area contributed by atoms with Crippen molar-refractivity contribution in [3.05, 3.63) is 47.8 Å². The number of rotatable bonds is 9. The molecule has 0 spiro atoms. The highest BCUT2D eigenvalue weighted by molar-refractivity contribution is 5.55. The van der Waals surface area contributed by atoms with Crippen molar-refractivity contribution in [2.75, 3.05) is 0 Å². The average Bonchev–Trinajstić information content (AvgIpc) is 2.91. The Labute approximate surface area is 207 Å². The maximum atomic E-state index is 9.77. The van der Waals surface area contributed by atoms with Gasteiger partial charge in [-0.05, 0) is 86.7 Å². The molecule has 1 aromatic heterocycles. The van der Waals surface area contributed by atoms with Crippen LogP contribution in [0.25, 0.3) is 11.4 Å². The van der Waals surface area contributed by atoms with Crippen LogP contribution in [0.4, 0.5) is 0 Å². The van der Waals surface area contributed by atoms with Gasteiger partial charge in [-0.3, -0.25) is 0 Å². The highest BCUT2D eigenvalue weighted by Crippen LogP contribution is 2.45. The lowest BCUT2D eigenvalue weighted by Crippen LogP contribution is -2.25. The van der Waals surface area contributed by atoms with Crippen molar-refractivity contribution < 1.29 is 0 Å². The number of aromatic nitrogens is 2. The Morgan fingerprint density at radius 3 is 2.03 bits per heavy atom. The second-order valence-electron chi connectivity index (χ2n) is 11.1. The van der Waals surface area contributed by atoms with Crippen molar-refractivity contribution >= 4 is 0 Å². The Balaban J connectivity index is 1.32. The minimum Gasteiger partial charge on any atom is -0.236 e. The predicted octanol–water partition coefficient (Wildman–Crippen LogP) is 8.97. The number of nitriles is 1. The van der Waals surface area contributed by atoms with Crippen LogP contribution in [-0.4, -0.2) is 9.97 Å². The van der Waals surface area contributed by atoms with E-state index < -0.39 is 0 Å². The second kappa shape index (κ2) is 12.0. The third-order valence-electron chi connectivity index (χ3n) is 8.78. The Morgan fingerprint density at radius 2 is 1.44 bits per heavy atom. The Morgan fingerprint density at radius 1 is 0.824 bits per heavy atom. The lowest BCUT2D eigenvalue weighted by molar-refractivity contribution is 0.224. The van der Waals surface area contributed by atoms with Crippen LogP contribution in [-0.2, 0) is 0 Å². The largest absolute Gasteiger partial charge is 0.236 e.